The lowest BCUT2D eigenvalue weighted by atomic mass is 10.0. The summed E-state index contributed by atoms with van der Waals surface area (Å²) in [7, 11) is 1.96. The van der Waals surface area contributed by atoms with Gasteiger partial charge in [0.1, 0.15) is 0 Å². The molecule has 0 spiro atoms. The number of aryl methyl sites for hydroxylation is 1. The van der Waals surface area contributed by atoms with E-state index < -0.39 is 0 Å². The van der Waals surface area contributed by atoms with Gasteiger partial charge in [0.25, 0.3) is 5.91 Å². The standard InChI is InChI=1S/C19H28N6OS/c1-3-20-19(22-9-5-8-21-18(26)17-6-4-11-27-17)25-10-7-15(14-25)16-12-23-24(2)13-16/h4,6,11-13,15H,3,5,7-10,14H2,1-2H3,(H,20,22)(H,21,26). The minimum absolute atomic E-state index is 0.000239. The lowest BCUT2D eigenvalue weighted by Crippen LogP contribution is -2.40. The highest BCUT2D eigenvalue weighted by Gasteiger charge is 2.26. The summed E-state index contributed by atoms with van der Waals surface area (Å²) in [6.07, 6.45) is 6.02. The molecule has 1 unspecified atom stereocenters. The van der Waals surface area contributed by atoms with E-state index in [0.29, 0.717) is 19.0 Å². The summed E-state index contributed by atoms with van der Waals surface area (Å²) >= 11 is 1.46. The molecule has 8 heteroatoms. The Morgan fingerprint density at radius 2 is 2.33 bits per heavy atom. The molecule has 1 aliphatic heterocycles. The molecule has 1 atom stereocenters. The van der Waals surface area contributed by atoms with Crippen LogP contribution in [0.5, 0.6) is 0 Å². The molecule has 27 heavy (non-hydrogen) atoms. The SMILES string of the molecule is CCNC(=NCCCNC(=O)c1cccs1)N1CCC(c2cnn(C)c2)C1. The Kier molecular flexibility index (Phi) is 6.86. The normalized spacial score (nSPS) is 17.3. The summed E-state index contributed by atoms with van der Waals surface area (Å²) in [6, 6.07) is 3.73. The maximum atomic E-state index is 11.9. The van der Waals surface area contributed by atoms with Crippen molar-refractivity contribution >= 4 is 23.2 Å². The molecule has 2 aromatic rings. The van der Waals surface area contributed by atoms with Gasteiger partial charge in [-0.1, -0.05) is 6.07 Å². The van der Waals surface area contributed by atoms with Crippen molar-refractivity contribution in [3.8, 4) is 0 Å². The van der Waals surface area contributed by atoms with Gasteiger partial charge in [0.15, 0.2) is 5.96 Å². The van der Waals surface area contributed by atoms with Gasteiger partial charge in [0.2, 0.25) is 0 Å². The number of carbonyl (C=O) groups is 1. The Morgan fingerprint density at radius 1 is 1.44 bits per heavy atom. The number of nitrogens with one attached hydrogen (secondary N) is 2. The third-order valence-corrected chi connectivity index (χ3v) is 5.51. The molecule has 1 aliphatic rings. The molecule has 1 amide bonds. The second-order valence-electron chi connectivity index (χ2n) is 6.70. The number of carbonyl (C=O) groups excluding carboxylic acids is 1. The van der Waals surface area contributed by atoms with E-state index in [2.05, 4.69) is 33.8 Å². The molecule has 2 N–H and O–H groups in total. The van der Waals surface area contributed by atoms with Gasteiger partial charge >= 0.3 is 0 Å². The molecule has 0 saturated carbocycles. The van der Waals surface area contributed by atoms with Crippen LogP contribution >= 0.6 is 11.3 Å². The predicted octanol–water partition coefficient (Wildman–Crippen LogP) is 2.06. The summed E-state index contributed by atoms with van der Waals surface area (Å²) < 4.78 is 1.86. The molecule has 1 fully saturated rings. The molecule has 0 aliphatic carbocycles. The van der Waals surface area contributed by atoms with Crippen LogP contribution in [-0.2, 0) is 7.05 Å². The maximum absolute atomic E-state index is 11.9. The van der Waals surface area contributed by atoms with E-state index in [1.165, 1.54) is 16.9 Å². The van der Waals surface area contributed by atoms with E-state index in [0.717, 1.165) is 43.3 Å². The van der Waals surface area contributed by atoms with Crippen LogP contribution in [0.1, 0.15) is 40.9 Å². The van der Waals surface area contributed by atoms with Crippen LogP contribution in [0.2, 0.25) is 0 Å². The van der Waals surface area contributed by atoms with Crippen molar-refractivity contribution in [3.05, 3.63) is 40.3 Å². The zero-order valence-corrected chi connectivity index (χ0v) is 16.8. The Hall–Kier alpha value is -2.35. The fourth-order valence-corrected chi connectivity index (χ4v) is 3.90. The van der Waals surface area contributed by atoms with E-state index in [9.17, 15) is 4.79 Å². The summed E-state index contributed by atoms with van der Waals surface area (Å²) in [4.78, 5) is 19.8. The Balaban J connectivity index is 1.46. The van der Waals surface area contributed by atoms with Crippen LogP contribution in [0, 0.1) is 0 Å². The van der Waals surface area contributed by atoms with Gasteiger partial charge in [0, 0.05) is 51.9 Å². The molecule has 7 nitrogen and oxygen atoms in total. The zero-order chi connectivity index (χ0) is 19.1. The highest BCUT2D eigenvalue weighted by molar-refractivity contribution is 7.12. The number of likely N-dealkylation sites (tertiary alicyclic amines) is 1. The molecule has 2 aromatic heterocycles. The molecule has 0 aromatic carbocycles. The summed E-state index contributed by atoms with van der Waals surface area (Å²) in [5.74, 6) is 1.47. The predicted molar refractivity (Wildman–Crippen MR) is 109 cm³/mol. The summed E-state index contributed by atoms with van der Waals surface area (Å²) in [5.41, 5.74) is 1.30. The van der Waals surface area contributed by atoms with Crippen molar-refractivity contribution in [2.45, 2.75) is 25.7 Å². The average Bonchev–Trinajstić information content (AvgIpc) is 3.41. The third-order valence-electron chi connectivity index (χ3n) is 4.65. The molecular weight excluding hydrogens is 360 g/mol. The number of amides is 1. The molecule has 146 valence electrons. The van der Waals surface area contributed by atoms with Crippen LogP contribution in [0.3, 0.4) is 0 Å². The monoisotopic (exact) mass is 388 g/mol. The van der Waals surface area contributed by atoms with Gasteiger partial charge in [-0.3, -0.25) is 14.5 Å². The maximum Gasteiger partial charge on any atom is 0.261 e. The van der Waals surface area contributed by atoms with Crippen LogP contribution in [0.25, 0.3) is 0 Å². The van der Waals surface area contributed by atoms with Gasteiger partial charge in [-0.2, -0.15) is 5.10 Å². The molecule has 3 rings (SSSR count). The highest BCUT2D eigenvalue weighted by atomic mass is 32.1. The van der Waals surface area contributed by atoms with Gasteiger partial charge in [-0.25, -0.2) is 0 Å². The lowest BCUT2D eigenvalue weighted by molar-refractivity contribution is 0.0957. The van der Waals surface area contributed by atoms with Crippen molar-refractivity contribution in [1.29, 1.82) is 0 Å². The number of hydrogen-bond donors (Lipinski definition) is 2. The summed E-state index contributed by atoms with van der Waals surface area (Å²) in [6.45, 7) is 6.24. The minimum Gasteiger partial charge on any atom is -0.357 e. The minimum atomic E-state index is -0.000239. The topological polar surface area (TPSA) is 74.6 Å². The molecule has 3 heterocycles. The number of guanidine groups is 1. The van der Waals surface area contributed by atoms with Crippen LogP contribution in [-0.4, -0.2) is 59.3 Å². The van der Waals surface area contributed by atoms with E-state index in [-0.39, 0.29) is 5.91 Å². The van der Waals surface area contributed by atoms with Crippen molar-refractivity contribution in [2.24, 2.45) is 12.0 Å². The van der Waals surface area contributed by atoms with Crippen molar-refractivity contribution in [1.82, 2.24) is 25.3 Å². The number of hydrogen-bond acceptors (Lipinski definition) is 4. The number of rotatable bonds is 7. The highest BCUT2D eigenvalue weighted by Crippen LogP contribution is 2.26. The number of aliphatic imine (C=N–C) groups is 1. The quantitative estimate of drug-likeness (QED) is 0.433. The summed E-state index contributed by atoms with van der Waals surface area (Å²) in [5, 5.41) is 12.5. The Labute approximate surface area is 164 Å². The van der Waals surface area contributed by atoms with E-state index in [1.807, 2.05) is 35.4 Å². The first kappa shape index (κ1) is 19.4. The van der Waals surface area contributed by atoms with Gasteiger partial charge in [-0.05, 0) is 36.8 Å². The second-order valence-corrected chi connectivity index (χ2v) is 7.65. The Morgan fingerprint density at radius 3 is 3.04 bits per heavy atom. The molecule has 0 bridgehead atoms. The van der Waals surface area contributed by atoms with Crippen LogP contribution in [0.15, 0.2) is 34.9 Å². The Bertz CT molecular complexity index is 754. The van der Waals surface area contributed by atoms with Crippen molar-refractivity contribution in [2.75, 3.05) is 32.7 Å². The van der Waals surface area contributed by atoms with Crippen LogP contribution < -0.4 is 10.6 Å². The van der Waals surface area contributed by atoms with E-state index in [4.69, 9.17) is 4.99 Å². The first-order valence-electron chi connectivity index (χ1n) is 9.51. The fraction of sp³-hybridized carbons (Fsp3) is 0.526. The largest absolute Gasteiger partial charge is 0.357 e. The van der Waals surface area contributed by atoms with E-state index >= 15 is 0 Å². The molecular formula is C19H28N6OS. The smallest absolute Gasteiger partial charge is 0.261 e. The van der Waals surface area contributed by atoms with Crippen molar-refractivity contribution < 1.29 is 4.79 Å². The first-order valence-corrected chi connectivity index (χ1v) is 10.4. The third kappa shape index (κ3) is 5.32. The van der Waals surface area contributed by atoms with Crippen LogP contribution in [0.4, 0.5) is 0 Å². The number of nitrogens with zero attached hydrogens (tertiary/aromatic N) is 4. The lowest BCUT2D eigenvalue weighted by Gasteiger charge is -2.21. The number of thiophene rings is 1. The van der Waals surface area contributed by atoms with Crippen molar-refractivity contribution in [3.63, 3.8) is 0 Å². The molecule has 1 saturated heterocycles. The van der Waals surface area contributed by atoms with Gasteiger partial charge in [-0.15, -0.1) is 11.3 Å². The van der Waals surface area contributed by atoms with Gasteiger partial charge < -0.3 is 15.5 Å². The van der Waals surface area contributed by atoms with Gasteiger partial charge in [0.05, 0.1) is 11.1 Å². The van der Waals surface area contributed by atoms with E-state index in [1.54, 1.807) is 0 Å². The average molecular weight is 389 g/mol. The second kappa shape index (κ2) is 9.55. The zero-order valence-electron chi connectivity index (χ0n) is 16.0. The fourth-order valence-electron chi connectivity index (χ4n) is 3.26. The molecule has 0 radical (unpaired) electrons. The first-order chi connectivity index (χ1) is 13.2. The number of aromatic nitrogens is 2.